The van der Waals surface area contributed by atoms with Gasteiger partial charge in [0.2, 0.25) is 0 Å². The van der Waals surface area contributed by atoms with Gasteiger partial charge in [-0.2, -0.15) is 5.26 Å². The minimum atomic E-state index is -0.364. The van der Waals surface area contributed by atoms with Gasteiger partial charge in [0.05, 0.1) is 18.2 Å². The zero-order valence-corrected chi connectivity index (χ0v) is 16.2. The summed E-state index contributed by atoms with van der Waals surface area (Å²) in [5, 5.41) is 9.45. The van der Waals surface area contributed by atoms with E-state index in [1.807, 2.05) is 48.5 Å². The zero-order chi connectivity index (χ0) is 19.5. The molecule has 27 heavy (non-hydrogen) atoms. The molecule has 0 heterocycles. The first-order valence-corrected chi connectivity index (χ1v) is 9.62. The molecule has 2 aromatic rings. The van der Waals surface area contributed by atoms with Crippen molar-refractivity contribution in [1.29, 1.82) is 5.26 Å². The second-order valence-corrected chi connectivity index (χ2v) is 6.63. The minimum Gasteiger partial charge on any atom is -0.462 e. The highest BCUT2D eigenvalue weighted by Gasteiger charge is 2.14. The van der Waals surface area contributed by atoms with Gasteiger partial charge in [0.15, 0.2) is 0 Å². The third kappa shape index (κ3) is 6.11. The van der Waals surface area contributed by atoms with E-state index >= 15 is 0 Å². The molecule has 1 atom stereocenters. The molecule has 2 rings (SSSR count). The minimum absolute atomic E-state index is 0.364. The van der Waals surface area contributed by atoms with E-state index in [-0.39, 0.29) is 5.97 Å². The van der Waals surface area contributed by atoms with Crippen LogP contribution >= 0.6 is 0 Å². The van der Waals surface area contributed by atoms with Gasteiger partial charge in [0.1, 0.15) is 0 Å². The van der Waals surface area contributed by atoms with Gasteiger partial charge < -0.3 is 4.74 Å². The van der Waals surface area contributed by atoms with Crippen LogP contribution in [0.3, 0.4) is 0 Å². The SMILES string of the molecule is CCCCC(CC)COC(=O)C=C(c1ccccc1)c1ccccc1C#N. The Morgan fingerprint density at radius 1 is 1.11 bits per heavy atom. The zero-order valence-electron chi connectivity index (χ0n) is 16.2. The van der Waals surface area contributed by atoms with Crippen molar-refractivity contribution in [2.24, 2.45) is 5.92 Å². The summed E-state index contributed by atoms with van der Waals surface area (Å²) in [5.41, 5.74) is 2.87. The average Bonchev–Trinajstić information content (AvgIpc) is 2.72. The van der Waals surface area contributed by atoms with Crippen LogP contribution in [-0.2, 0) is 9.53 Å². The number of nitrogens with zero attached hydrogens (tertiary/aromatic N) is 1. The molecule has 0 aliphatic rings. The fourth-order valence-corrected chi connectivity index (χ4v) is 3.01. The number of esters is 1. The lowest BCUT2D eigenvalue weighted by Crippen LogP contribution is -2.13. The topological polar surface area (TPSA) is 50.1 Å². The summed E-state index contributed by atoms with van der Waals surface area (Å²) in [6.45, 7) is 4.73. The Kier molecular flexibility index (Phi) is 8.32. The van der Waals surface area contributed by atoms with Gasteiger partial charge >= 0.3 is 5.97 Å². The second-order valence-electron chi connectivity index (χ2n) is 6.63. The highest BCUT2D eigenvalue weighted by atomic mass is 16.5. The van der Waals surface area contributed by atoms with E-state index in [2.05, 4.69) is 19.9 Å². The van der Waals surface area contributed by atoms with E-state index in [0.717, 1.165) is 36.8 Å². The fraction of sp³-hybridized carbons (Fsp3) is 0.333. The van der Waals surface area contributed by atoms with E-state index in [1.165, 1.54) is 6.08 Å². The Balaban J connectivity index is 2.26. The summed E-state index contributed by atoms with van der Waals surface area (Å²) >= 11 is 0. The lowest BCUT2D eigenvalue weighted by Gasteiger charge is -2.14. The number of benzene rings is 2. The van der Waals surface area contributed by atoms with Crippen molar-refractivity contribution in [3.8, 4) is 6.07 Å². The second kappa shape index (κ2) is 11.0. The van der Waals surface area contributed by atoms with Gasteiger partial charge in [0, 0.05) is 11.6 Å². The van der Waals surface area contributed by atoms with Crippen molar-refractivity contribution in [2.45, 2.75) is 39.5 Å². The Hall–Kier alpha value is -2.86. The summed E-state index contributed by atoms with van der Waals surface area (Å²) < 4.78 is 5.54. The molecule has 0 aliphatic heterocycles. The van der Waals surface area contributed by atoms with E-state index in [9.17, 15) is 10.1 Å². The molecule has 0 aliphatic carbocycles. The smallest absolute Gasteiger partial charge is 0.331 e. The highest BCUT2D eigenvalue weighted by molar-refractivity contribution is 5.97. The van der Waals surface area contributed by atoms with Crippen LogP contribution in [0.25, 0.3) is 5.57 Å². The summed E-state index contributed by atoms with van der Waals surface area (Å²) in [7, 11) is 0. The predicted molar refractivity (Wildman–Crippen MR) is 109 cm³/mol. The molecule has 1 unspecified atom stereocenters. The van der Waals surface area contributed by atoms with Crippen LogP contribution in [-0.4, -0.2) is 12.6 Å². The molecule has 3 heteroatoms. The van der Waals surface area contributed by atoms with Gasteiger partial charge in [-0.3, -0.25) is 0 Å². The predicted octanol–water partition coefficient (Wildman–Crippen LogP) is 5.75. The number of nitriles is 1. The van der Waals surface area contributed by atoms with Gasteiger partial charge in [0.25, 0.3) is 0 Å². The Labute approximate surface area is 162 Å². The molecule has 0 saturated carbocycles. The third-order valence-electron chi connectivity index (χ3n) is 4.69. The Bertz CT molecular complexity index is 803. The standard InChI is InChI=1S/C24H27NO2/c1-3-5-11-19(4-2)18-27-24(26)16-23(20-12-7-6-8-13-20)22-15-10-9-14-21(22)17-25/h6-10,12-16,19H,3-5,11,18H2,1-2H3. The molecule has 2 aromatic carbocycles. The molecule has 0 amide bonds. The van der Waals surface area contributed by atoms with Crippen LogP contribution in [0.2, 0.25) is 0 Å². The fourth-order valence-electron chi connectivity index (χ4n) is 3.01. The maximum absolute atomic E-state index is 12.5. The first-order valence-electron chi connectivity index (χ1n) is 9.62. The molecule has 0 radical (unpaired) electrons. The normalized spacial score (nSPS) is 12.3. The Morgan fingerprint density at radius 3 is 2.48 bits per heavy atom. The number of hydrogen-bond donors (Lipinski definition) is 0. The molecule has 0 fully saturated rings. The summed E-state index contributed by atoms with van der Waals surface area (Å²) in [5.74, 6) is 0.0328. The van der Waals surface area contributed by atoms with Crippen LogP contribution in [0.1, 0.15) is 56.2 Å². The van der Waals surface area contributed by atoms with E-state index < -0.39 is 0 Å². The first kappa shape index (κ1) is 20.5. The number of ether oxygens (including phenoxy) is 1. The van der Waals surface area contributed by atoms with Gasteiger partial charge in [-0.1, -0.05) is 81.6 Å². The molecule has 140 valence electrons. The average molecular weight is 361 g/mol. The van der Waals surface area contributed by atoms with Gasteiger partial charge in [-0.25, -0.2) is 4.79 Å². The van der Waals surface area contributed by atoms with Gasteiger partial charge in [-0.15, -0.1) is 0 Å². The number of carbonyl (C=O) groups is 1. The lowest BCUT2D eigenvalue weighted by molar-refractivity contribution is -0.139. The van der Waals surface area contributed by atoms with E-state index in [4.69, 9.17) is 4.74 Å². The van der Waals surface area contributed by atoms with Crippen molar-refractivity contribution < 1.29 is 9.53 Å². The molecule has 0 bridgehead atoms. The van der Waals surface area contributed by atoms with E-state index in [0.29, 0.717) is 23.7 Å². The van der Waals surface area contributed by atoms with Crippen LogP contribution in [0.15, 0.2) is 60.7 Å². The summed E-state index contributed by atoms with van der Waals surface area (Å²) in [6, 6.07) is 19.2. The number of rotatable bonds is 9. The van der Waals surface area contributed by atoms with Crippen LogP contribution < -0.4 is 0 Å². The molecule has 0 spiro atoms. The molecular formula is C24H27NO2. The number of carbonyl (C=O) groups excluding carboxylic acids is 1. The molecule has 0 aromatic heterocycles. The molecular weight excluding hydrogens is 334 g/mol. The molecule has 0 saturated heterocycles. The van der Waals surface area contributed by atoms with Crippen molar-refractivity contribution in [1.82, 2.24) is 0 Å². The van der Waals surface area contributed by atoms with Crippen molar-refractivity contribution >= 4 is 11.5 Å². The largest absolute Gasteiger partial charge is 0.462 e. The lowest BCUT2D eigenvalue weighted by atomic mass is 9.94. The van der Waals surface area contributed by atoms with Crippen LogP contribution in [0.4, 0.5) is 0 Å². The third-order valence-corrected chi connectivity index (χ3v) is 4.69. The maximum atomic E-state index is 12.5. The van der Waals surface area contributed by atoms with Crippen molar-refractivity contribution in [2.75, 3.05) is 6.61 Å². The van der Waals surface area contributed by atoms with Crippen molar-refractivity contribution in [3.05, 3.63) is 77.4 Å². The first-order chi connectivity index (χ1) is 13.2. The maximum Gasteiger partial charge on any atom is 0.331 e. The number of hydrogen-bond acceptors (Lipinski definition) is 3. The Morgan fingerprint density at radius 2 is 1.81 bits per heavy atom. The highest BCUT2D eigenvalue weighted by Crippen LogP contribution is 2.26. The summed E-state index contributed by atoms with van der Waals surface area (Å²) in [6.07, 6.45) is 5.88. The van der Waals surface area contributed by atoms with Crippen LogP contribution in [0.5, 0.6) is 0 Å². The summed E-state index contributed by atoms with van der Waals surface area (Å²) in [4.78, 5) is 12.5. The quantitative estimate of drug-likeness (QED) is 0.422. The van der Waals surface area contributed by atoms with Crippen LogP contribution in [0, 0.1) is 17.2 Å². The van der Waals surface area contributed by atoms with E-state index in [1.54, 1.807) is 6.07 Å². The molecule has 3 nitrogen and oxygen atoms in total. The monoisotopic (exact) mass is 361 g/mol. The van der Waals surface area contributed by atoms with Crippen molar-refractivity contribution in [3.63, 3.8) is 0 Å². The number of unbranched alkanes of at least 4 members (excludes halogenated alkanes) is 1. The van der Waals surface area contributed by atoms with Gasteiger partial charge in [-0.05, 0) is 29.5 Å². The molecule has 0 N–H and O–H groups in total.